The average Bonchev–Trinajstić information content (AvgIpc) is 2.68. The topological polar surface area (TPSA) is 130 Å². The number of sulfonamides is 1. The lowest BCUT2D eigenvalue weighted by atomic mass is 10.3. The Bertz CT molecular complexity index is 1140. The highest BCUT2D eigenvalue weighted by Gasteiger charge is 2.24. The van der Waals surface area contributed by atoms with Gasteiger partial charge in [-0.15, -0.1) is 0 Å². The summed E-state index contributed by atoms with van der Waals surface area (Å²) in [5, 5.41) is 5.00. The van der Waals surface area contributed by atoms with Gasteiger partial charge in [0.05, 0.1) is 27.8 Å². The van der Waals surface area contributed by atoms with Gasteiger partial charge in [-0.3, -0.25) is 9.59 Å². The molecular weight excluding hydrogens is 430 g/mol. The highest BCUT2D eigenvalue weighted by Crippen LogP contribution is 2.22. The van der Waals surface area contributed by atoms with Crippen LogP contribution in [0.5, 0.6) is 0 Å². The van der Waals surface area contributed by atoms with E-state index < -0.39 is 32.3 Å². The van der Waals surface area contributed by atoms with Crippen molar-refractivity contribution >= 4 is 43.0 Å². The summed E-state index contributed by atoms with van der Waals surface area (Å²) in [6, 6.07) is 11.4. The molecule has 0 bridgehead atoms. The van der Waals surface area contributed by atoms with Gasteiger partial charge in [0.15, 0.2) is 9.84 Å². The van der Waals surface area contributed by atoms with E-state index in [4.69, 9.17) is 0 Å². The number of para-hydroxylation sites is 1. The van der Waals surface area contributed by atoms with Gasteiger partial charge >= 0.3 is 0 Å². The predicted molar refractivity (Wildman–Crippen MR) is 113 cm³/mol. The number of hydrogen-bond donors (Lipinski definition) is 2. The first-order valence-electron chi connectivity index (χ1n) is 8.93. The van der Waals surface area contributed by atoms with Crippen LogP contribution in [0.1, 0.15) is 13.8 Å². The van der Waals surface area contributed by atoms with Gasteiger partial charge in [-0.1, -0.05) is 19.1 Å². The molecule has 2 aromatic carbocycles. The second kappa shape index (κ2) is 9.37. The minimum Gasteiger partial charge on any atom is -0.326 e. The lowest BCUT2D eigenvalue weighted by Crippen LogP contribution is -2.35. The van der Waals surface area contributed by atoms with Gasteiger partial charge in [-0.2, -0.15) is 4.31 Å². The molecule has 11 heteroatoms. The van der Waals surface area contributed by atoms with E-state index in [1.807, 2.05) is 0 Å². The molecule has 2 amide bonds. The highest BCUT2D eigenvalue weighted by molar-refractivity contribution is 7.91. The third kappa shape index (κ3) is 5.65. The van der Waals surface area contributed by atoms with Crippen LogP contribution in [-0.4, -0.2) is 52.3 Å². The zero-order valence-corrected chi connectivity index (χ0v) is 18.4. The van der Waals surface area contributed by atoms with E-state index in [2.05, 4.69) is 10.6 Å². The van der Waals surface area contributed by atoms with E-state index in [0.717, 1.165) is 4.31 Å². The van der Waals surface area contributed by atoms with E-state index in [9.17, 15) is 26.4 Å². The van der Waals surface area contributed by atoms with Crippen molar-refractivity contribution in [2.24, 2.45) is 0 Å². The molecule has 162 valence electrons. The number of carbonyl (C=O) groups is 2. The number of nitrogens with one attached hydrogen (secondary N) is 2. The Morgan fingerprint density at radius 1 is 0.933 bits per heavy atom. The first-order valence-corrected chi connectivity index (χ1v) is 12.0. The van der Waals surface area contributed by atoms with Crippen LogP contribution in [0.3, 0.4) is 0 Å². The Morgan fingerprint density at radius 3 is 2.10 bits per heavy atom. The molecule has 0 atom stereocenters. The van der Waals surface area contributed by atoms with E-state index in [1.165, 1.54) is 57.3 Å². The average molecular weight is 454 g/mol. The predicted octanol–water partition coefficient (Wildman–Crippen LogP) is 1.70. The maximum absolute atomic E-state index is 12.7. The second-order valence-electron chi connectivity index (χ2n) is 6.41. The molecule has 30 heavy (non-hydrogen) atoms. The molecule has 2 N–H and O–H groups in total. The fraction of sp³-hybridized carbons (Fsp3) is 0.263. The normalized spacial score (nSPS) is 11.9. The SMILES string of the molecule is CCS(=O)(=O)c1ccccc1NC(=O)CN(C)S(=O)(=O)c1ccc(NC(C)=O)cc1. The van der Waals surface area contributed by atoms with Gasteiger partial charge in [-0.05, 0) is 36.4 Å². The van der Waals surface area contributed by atoms with Crippen molar-refractivity contribution in [3.05, 3.63) is 48.5 Å². The standard InChI is InChI=1S/C19H23N3O6S2/c1-4-29(25,26)18-8-6-5-7-17(18)21-19(24)13-22(3)30(27,28)16-11-9-15(10-12-16)20-14(2)23/h5-12H,4,13H2,1-3H3,(H,20,23)(H,21,24). The van der Waals surface area contributed by atoms with Crippen LogP contribution in [0.2, 0.25) is 0 Å². The summed E-state index contributed by atoms with van der Waals surface area (Å²) in [7, 11) is -6.30. The van der Waals surface area contributed by atoms with Crippen molar-refractivity contribution in [3.63, 3.8) is 0 Å². The van der Waals surface area contributed by atoms with Crippen LogP contribution < -0.4 is 10.6 Å². The molecule has 2 aromatic rings. The van der Waals surface area contributed by atoms with Crippen LogP contribution in [0, 0.1) is 0 Å². The van der Waals surface area contributed by atoms with Crippen LogP contribution in [-0.2, 0) is 29.4 Å². The molecule has 0 aromatic heterocycles. The lowest BCUT2D eigenvalue weighted by molar-refractivity contribution is -0.116. The minimum atomic E-state index is -3.97. The number of benzene rings is 2. The summed E-state index contributed by atoms with van der Waals surface area (Å²) in [6.45, 7) is 2.31. The molecule has 0 saturated heterocycles. The first-order chi connectivity index (χ1) is 14.0. The number of nitrogens with zero attached hydrogens (tertiary/aromatic N) is 1. The quantitative estimate of drug-likeness (QED) is 0.626. The van der Waals surface area contributed by atoms with Crippen LogP contribution in [0.15, 0.2) is 58.3 Å². The number of sulfone groups is 1. The Labute approximate surface area is 176 Å². The van der Waals surface area contributed by atoms with Gasteiger partial charge < -0.3 is 10.6 Å². The third-order valence-corrected chi connectivity index (χ3v) is 7.73. The van der Waals surface area contributed by atoms with Gasteiger partial charge in [0.2, 0.25) is 21.8 Å². The van der Waals surface area contributed by atoms with Crippen molar-refractivity contribution in [3.8, 4) is 0 Å². The van der Waals surface area contributed by atoms with Gasteiger partial charge in [0.25, 0.3) is 0 Å². The summed E-state index contributed by atoms with van der Waals surface area (Å²) in [6.07, 6.45) is 0. The van der Waals surface area contributed by atoms with Crippen LogP contribution in [0.4, 0.5) is 11.4 Å². The monoisotopic (exact) mass is 453 g/mol. The third-order valence-electron chi connectivity index (χ3n) is 4.13. The van der Waals surface area contributed by atoms with Gasteiger partial charge in [-0.25, -0.2) is 16.8 Å². The van der Waals surface area contributed by atoms with Crippen molar-refractivity contribution in [2.75, 3.05) is 30.0 Å². The number of carbonyl (C=O) groups excluding carboxylic acids is 2. The van der Waals surface area contributed by atoms with Gasteiger partial charge in [0.1, 0.15) is 0 Å². The second-order valence-corrected chi connectivity index (χ2v) is 10.7. The number of likely N-dealkylation sites (N-methyl/N-ethyl adjacent to an activating group) is 1. The largest absolute Gasteiger partial charge is 0.326 e. The Kier molecular flexibility index (Phi) is 7.34. The van der Waals surface area contributed by atoms with E-state index >= 15 is 0 Å². The number of hydrogen-bond acceptors (Lipinski definition) is 6. The zero-order valence-electron chi connectivity index (χ0n) is 16.7. The summed E-state index contributed by atoms with van der Waals surface area (Å²) < 4.78 is 50.6. The minimum absolute atomic E-state index is 0.0279. The van der Waals surface area contributed by atoms with Crippen molar-refractivity contribution in [1.29, 1.82) is 0 Å². The van der Waals surface area contributed by atoms with Crippen molar-refractivity contribution < 1.29 is 26.4 Å². The van der Waals surface area contributed by atoms with E-state index in [1.54, 1.807) is 12.1 Å². The Morgan fingerprint density at radius 2 is 1.53 bits per heavy atom. The Balaban J connectivity index is 2.15. The maximum Gasteiger partial charge on any atom is 0.243 e. The molecule has 0 fully saturated rings. The fourth-order valence-corrected chi connectivity index (χ4v) is 4.75. The van der Waals surface area contributed by atoms with Crippen molar-refractivity contribution in [2.45, 2.75) is 23.6 Å². The maximum atomic E-state index is 12.7. The number of rotatable bonds is 8. The lowest BCUT2D eigenvalue weighted by Gasteiger charge is -2.18. The molecule has 2 rings (SSSR count). The fourth-order valence-electron chi connectivity index (χ4n) is 2.57. The smallest absolute Gasteiger partial charge is 0.243 e. The van der Waals surface area contributed by atoms with E-state index in [0.29, 0.717) is 5.69 Å². The van der Waals surface area contributed by atoms with Gasteiger partial charge in [0, 0.05) is 19.7 Å². The highest BCUT2D eigenvalue weighted by atomic mass is 32.2. The summed E-state index contributed by atoms with van der Waals surface area (Å²) in [5.74, 6) is -1.11. The summed E-state index contributed by atoms with van der Waals surface area (Å²) >= 11 is 0. The molecule has 0 aliphatic rings. The summed E-state index contributed by atoms with van der Waals surface area (Å²) in [5.41, 5.74) is 0.533. The molecule has 0 heterocycles. The molecule has 9 nitrogen and oxygen atoms in total. The first kappa shape index (κ1) is 23.5. The Hall–Kier alpha value is -2.76. The molecular formula is C19H23N3O6S2. The number of amides is 2. The molecule has 0 aliphatic carbocycles. The van der Waals surface area contributed by atoms with Crippen LogP contribution >= 0.6 is 0 Å². The van der Waals surface area contributed by atoms with E-state index in [-0.39, 0.29) is 27.1 Å². The molecule has 0 spiro atoms. The molecule has 0 saturated carbocycles. The zero-order chi connectivity index (χ0) is 22.5. The molecule has 0 aliphatic heterocycles. The molecule has 0 radical (unpaired) electrons. The molecule has 0 unspecified atom stereocenters. The summed E-state index contributed by atoms with van der Waals surface area (Å²) in [4.78, 5) is 23.4. The number of anilines is 2. The van der Waals surface area contributed by atoms with Crippen molar-refractivity contribution in [1.82, 2.24) is 4.31 Å². The van der Waals surface area contributed by atoms with Crippen LogP contribution in [0.25, 0.3) is 0 Å².